The second-order valence-electron chi connectivity index (χ2n) is 3.39. The molecule has 2 heteroatoms. The van der Waals surface area contributed by atoms with Crippen LogP contribution in [-0.4, -0.2) is 13.2 Å². The van der Waals surface area contributed by atoms with Gasteiger partial charge >= 0.3 is 0 Å². The molecule has 0 aliphatic rings. The molecule has 0 heterocycles. The summed E-state index contributed by atoms with van der Waals surface area (Å²) in [5.41, 5.74) is 2.55. The second kappa shape index (κ2) is 7.57. The maximum Gasteiger partial charge on any atom is 0.0913 e. The van der Waals surface area contributed by atoms with Crippen LogP contribution in [0.25, 0.3) is 0 Å². The number of rotatable bonds is 8. The van der Waals surface area contributed by atoms with E-state index in [2.05, 4.69) is 37.4 Å². The van der Waals surface area contributed by atoms with Crippen LogP contribution in [0.1, 0.15) is 11.1 Å². The van der Waals surface area contributed by atoms with Gasteiger partial charge in [-0.2, -0.15) is 0 Å². The lowest BCUT2D eigenvalue weighted by Gasteiger charge is -2.05. The van der Waals surface area contributed by atoms with Crippen LogP contribution in [-0.2, 0) is 22.3 Å². The van der Waals surface area contributed by atoms with Crippen molar-refractivity contribution in [2.75, 3.05) is 13.2 Å². The first-order chi connectivity index (χ1) is 7.86. The van der Waals surface area contributed by atoms with Crippen molar-refractivity contribution >= 4 is 0 Å². The highest BCUT2D eigenvalue weighted by Crippen LogP contribution is 2.07. The summed E-state index contributed by atoms with van der Waals surface area (Å²) in [6.45, 7) is 8.38. The van der Waals surface area contributed by atoms with Crippen molar-refractivity contribution in [2.24, 2.45) is 0 Å². The zero-order valence-electron chi connectivity index (χ0n) is 9.52. The Bertz CT molecular complexity index is 302. The van der Waals surface area contributed by atoms with Crippen molar-refractivity contribution < 1.29 is 9.47 Å². The standard InChI is InChI=1S/C14H18O2/c1-3-15-10-8-13-6-5-7-14(12-13)9-11-16-4-2/h3-7,12H,1-2,8-11H2. The van der Waals surface area contributed by atoms with E-state index in [4.69, 9.17) is 9.47 Å². The summed E-state index contributed by atoms with van der Waals surface area (Å²) in [6, 6.07) is 8.44. The molecule has 0 amide bonds. The fourth-order valence-electron chi connectivity index (χ4n) is 1.46. The summed E-state index contributed by atoms with van der Waals surface area (Å²) in [4.78, 5) is 0. The normalized spacial score (nSPS) is 9.50. The molecule has 0 aliphatic carbocycles. The Labute approximate surface area is 97.2 Å². The van der Waals surface area contributed by atoms with E-state index in [-0.39, 0.29) is 0 Å². The first-order valence-corrected chi connectivity index (χ1v) is 5.39. The van der Waals surface area contributed by atoms with E-state index in [0.29, 0.717) is 13.2 Å². The molecular weight excluding hydrogens is 200 g/mol. The van der Waals surface area contributed by atoms with Gasteiger partial charge in [0, 0.05) is 12.8 Å². The van der Waals surface area contributed by atoms with Gasteiger partial charge in [-0.25, -0.2) is 0 Å². The molecule has 1 rings (SSSR count). The molecule has 0 aromatic heterocycles. The van der Waals surface area contributed by atoms with Crippen molar-refractivity contribution in [1.82, 2.24) is 0 Å². The van der Waals surface area contributed by atoms with Crippen molar-refractivity contribution in [3.05, 3.63) is 61.1 Å². The molecule has 0 spiro atoms. The molecule has 0 aliphatic heterocycles. The third-order valence-corrected chi connectivity index (χ3v) is 2.24. The van der Waals surface area contributed by atoms with Gasteiger partial charge in [0.15, 0.2) is 0 Å². The third-order valence-electron chi connectivity index (χ3n) is 2.24. The SMILES string of the molecule is C=COCCc1cccc(CCOC=C)c1. The van der Waals surface area contributed by atoms with Crippen LogP contribution < -0.4 is 0 Å². The molecule has 0 atom stereocenters. The zero-order valence-corrected chi connectivity index (χ0v) is 9.52. The minimum absolute atomic E-state index is 0.677. The van der Waals surface area contributed by atoms with E-state index in [1.165, 1.54) is 23.7 Å². The Morgan fingerprint density at radius 2 is 1.44 bits per heavy atom. The lowest BCUT2D eigenvalue weighted by Crippen LogP contribution is -1.97. The average Bonchev–Trinajstić information content (AvgIpc) is 2.30. The lowest BCUT2D eigenvalue weighted by molar-refractivity contribution is 0.253. The Balaban J connectivity index is 2.43. The number of benzene rings is 1. The van der Waals surface area contributed by atoms with Crippen molar-refractivity contribution in [3.63, 3.8) is 0 Å². The van der Waals surface area contributed by atoms with Gasteiger partial charge in [0.1, 0.15) is 0 Å². The highest BCUT2D eigenvalue weighted by atomic mass is 16.5. The fourth-order valence-corrected chi connectivity index (χ4v) is 1.46. The van der Waals surface area contributed by atoms with Crippen LogP contribution in [0.4, 0.5) is 0 Å². The van der Waals surface area contributed by atoms with Gasteiger partial charge in [0.2, 0.25) is 0 Å². The smallest absolute Gasteiger partial charge is 0.0913 e. The minimum Gasteiger partial charge on any atom is -0.501 e. The van der Waals surface area contributed by atoms with Crippen LogP contribution in [0.3, 0.4) is 0 Å². The van der Waals surface area contributed by atoms with E-state index >= 15 is 0 Å². The topological polar surface area (TPSA) is 18.5 Å². The maximum atomic E-state index is 5.10. The third kappa shape index (κ3) is 4.69. The molecule has 1 aromatic rings. The van der Waals surface area contributed by atoms with Crippen LogP contribution in [0.5, 0.6) is 0 Å². The van der Waals surface area contributed by atoms with Gasteiger partial charge in [-0.1, -0.05) is 37.4 Å². The van der Waals surface area contributed by atoms with Gasteiger partial charge in [-0.3, -0.25) is 0 Å². The van der Waals surface area contributed by atoms with Crippen molar-refractivity contribution in [1.29, 1.82) is 0 Å². The molecule has 0 saturated heterocycles. The summed E-state index contributed by atoms with van der Waals surface area (Å²) in [5.74, 6) is 0. The van der Waals surface area contributed by atoms with Crippen LogP contribution >= 0.6 is 0 Å². The second-order valence-corrected chi connectivity index (χ2v) is 3.39. The Hall–Kier alpha value is -1.70. The van der Waals surface area contributed by atoms with Gasteiger partial charge in [-0.05, 0) is 11.1 Å². The van der Waals surface area contributed by atoms with Gasteiger partial charge in [-0.15, -0.1) is 0 Å². The van der Waals surface area contributed by atoms with E-state index < -0.39 is 0 Å². The largest absolute Gasteiger partial charge is 0.501 e. The first-order valence-electron chi connectivity index (χ1n) is 5.39. The van der Waals surface area contributed by atoms with E-state index in [0.717, 1.165) is 12.8 Å². The summed E-state index contributed by atoms with van der Waals surface area (Å²) in [6.07, 6.45) is 4.76. The highest BCUT2D eigenvalue weighted by Gasteiger charge is 1.96. The van der Waals surface area contributed by atoms with E-state index in [9.17, 15) is 0 Å². The number of hydrogen-bond donors (Lipinski definition) is 0. The molecule has 0 unspecified atom stereocenters. The monoisotopic (exact) mass is 218 g/mol. The lowest BCUT2D eigenvalue weighted by atomic mass is 10.1. The quantitative estimate of drug-likeness (QED) is 0.493. The van der Waals surface area contributed by atoms with Crippen molar-refractivity contribution in [2.45, 2.75) is 12.8 Å². The van der Waals surface area contributed by atoms with Gasteiger partial charge in [0.25, 0.3) is 0 Å². The highest BCUT2D eigenvalue weighted by molar-refractivity contribution is 5.23. The molecule has 0 radical (unpaired) electrons. The predicted molar refractivity (Wildman–Crippen MR) is 66.1 cm³/mol. The summed E-state index contributed by atoms with van der Waals surface area (Å²) >= 11 is 0. The van der Waals surface area contributed by atoms with Crippen LogP contribution in [0, 0.1) is 0 Å². The zero-order chi connectivity index (χ0) is 11.6. The van der Waals surface area contributed by atoms with Gasteiger partial charge < -0.3 is 9.47 Å². The minimum atomic E-state index is 0.677. The molecule has 86 valence electrons. The van der Waals surface area contributed by atoms with Crippen LogP contribution in [0.15, 0.2) is 49.9 Å². The molecule has 0 N–H and O–H groups in total. The van der Waals surface area contributed by atoms with Crippen molar-refractivity contribution in [3.8, 4) is 0 Å². The predicted octanol–water partition coefficient (Wildman–Crippen LogP) is 3.09. The van der Waals surface area contributed by atoms with Crippen LogP contribution in [0.2, 0.25) is 0 Å². The molecule has 0 bridgehead atoms. The van der Waals surface area contributed by atoms with Gasteiger partial charge in [0.05, 0.1) is 25.7 Å². The fraction of sp³-hybridized carbons (Fsp3) is 0.286. The number of ether oxygens (including phenoxy) is 2. The van der Waals surface area contributed by atoms with E-state index in [1.807, 2.05) is 0 Å². The Morgan fingerprint density at radius 1 is 0.938 bits per heavy atom. The molecule has 2 nitrogen and oxygen atoms in total. The Kier molecular flexibility index (Phi) is 5.86. The molecule has 0 saturated carbocycles. The summed E-state index contributed by atoms with van der Waals surface area (Å²) in [5, 5.41) is 0. The van der Waals surface area contributed by atoms with E-state index in [1.54, 1.807) is 0 Å². The summed E-state index contributed by atoms with van der Waals surface area (Å²) < 4.78 is 10.2. The number of hydrogen-bond acceptors (Lipinski definition) is 2. The molecule has 0 fully saturated rings. The average molecular weight is 218 g/mol. The summed E-state index contributed by atoms with van der Waals surface area (Å²) in [7, 11) is 0. The molecular formula is C14H18O2. The molecule has 1 aromatic carbocycles. The first kappa shape index (κ1) is 12.4. The maximum absolute atomic E-state index is 5.10. The Morgan fingerprint density at radius 3 is 1.88 bits per heavy atom. The molecule has 16 heavy (non-hydrogen) atoms.